The maximum Gasteiger partial charge on any atom is 0.186 e. The summed E-state index contributed by atoms with van der Waals surface area (Å²) < 4.78 is 11.1. The average molecular weight is 388 g/mol. The number of ether oxygens (including phenoxy) is 2. The number of hydrogen-bond acceptors (Lipinski definition) is 8. The van der Waals surface area contributed by atoms with Crippen LogP contribution in [-0.4, -0.2) is 81.3 Å². The van der Waals surface area contributed by atoms with Crippen LogP contribution in [0, 0.1) is 11.3 Å². The molecular formula is C19H32O8. The van der Waals surface area contributed by atoms with Crippen LogP contribution in [0.4, 0.5) is 0 Å². The lowest BCUT2D eigenvalue weighted by molar-refractivity contribution is -0.310. The van der Waals surface area contributed by atoms with E-state index in [9.17, 15) is 30.3 Å². The van der Waals surface area contributed by atoms with Gasteiger partial charge in [0.05, 0.1) is 19.3 Å². The number of carbonyl (C=O) groups is 1. The molecular weight excluding hydrogens is 356 g/mol. The molecule has 7 atom stereocenters. The van der Waals surface area contributed by atoms with Gasteiger partial charge in [-0.1, -0.05) is 13.8 Å². The second kappa shape index (κ2) is 9.09. The quantitative estimate of drug-likeness (QED) is 0.394. The van der Waals surface area contributed by atoms with Crippen molar-refractivity contribution in [1.29, 1.82) is 0 Å². The summed E-state index contributed by atoms with van der Waals surface area (Å²) >= 11 is 0. The third kappa shape index (κ3) is 5.14. The molecule has 8 heteroatoms. The highest BCUT2D eigenvalue weighted by Crippen LogP contribution is 2.42. The van der Waals surface area contributed by atoms with Gasteiger partial charge in [-0.25, -0.2) is 0 Å². The standard InChI is InChI=1S/C19H32O8/c1-10(26-18-17(25)16(24)15(23)14(9-21)27-18)4-5-13-11(8-20)6-12(22)7-19(13,2)3/h6,10,13-18,20-21,23-25H,4-5,7-9H2,1-3H3/t10-,13-,14+,15+,16-,17+,18+/m0/s1. The second-order valence-corrected chi connectivity index (χ2v) is 8.28. The van der Waals surface area contributed by atoms with E-state index in [1.54, 1.807) is 6.92 Å². The summed E-state index contributed by atoms with van der Waals surface area (Å²) in [6.45, 7) is 5.13. The van der Waals surface area contributed by atoms with E-state index in [1.165, 1.54) is 6.08 Å². The third-order valence-corrected chi connectivity index (χ3v) is 5.63. The molecule has 0 aromatic heterocycles. The Morgan fingerprint density at radius 3 is 2.48 bits per heavy atom. The Morgan fingerprint density at radius 2 is 1.89 bits per heavy atom. The first-order valence-electron chi connectivity index (χ1n) is 9.40. The van der Waals surface area contributed by atoms with Crippen molar-refractivity contribution in [1.82, 2.24) is 0 Å². The molecule has 0 unspecified atom stereocenters. The topological polar surface area (TPSA) is 137 Å². The van der Waals surface area contributed by atoms with E-state index >= 15 is 0 Å². The van der Waals surface area contributed by atoms with E-state index in [-0.39, 0.29) is 29.8 Å². The van der Waals surface area contributed by atoms with Gasteiger partial charge in [-0.3, -0.25) is 4.79 Å². The molecule has 2 rings (SSSR count). The Hall–Kier alpha value is -0.870. The van der Waals surface area contributed by atoms with Gasteiger partial charge >= 0.3 is 0 Å². The Bertz CT molecular complexity index is 544. The molecule has 27 heavy (non-hydrogen) atoms. The molecule has 5 N–H and O–H groups in total. The minimum atomic E-state index is -1.47. The van der Waals surface area contributed by atoms with Gasteiger partial charge in [0, 0.05) is 6.42 Å². The molecule has 0 amide bonds. The number of allylic oxidation sites excluding steroid dienone is 1. The van der Waals surface area contributed by atoms with Gasteiger partial charge in [-0.2, -0.15) is 0 Å². The Balaban J connectivity index is 1.96. The average Bonchev–Trinajstić information content (AvgIpc) is 2.59. The molecule has 1 aliphatic heterocycles. The van der Waals surface area contributed by atoms with Gasteiger partial charge in [-0.05, 0) is 42.7 Å². The fraction of sp³-hybridized carbons (Fsp3) is 0.842. The van der Waals surface area contributed by atoms with E-state index in [0.717, 1.165) is 5.57 Å². The summed E-state index contributed by atoms with van der Waals surface area (Å²) in [7, 11) is 0. The van der Waals surface area contributed by atoms with Crippen LogP contribution in [0.2, 0.25) is 0 Å². The predicted molar refractivity (Wildman–Crippen MR) is 95.6 cm³/mol. The molecule has 1 fully saturated rings. The van der Waals surface area contributed by atoms with Crippen molar-refractivity contribution in [2.24, 2.45) is 11.3 Å². The molecule has 0 spiro atoms. The molecule has 0 radical (unpaired) electrons. The molecule has 1 saturated heterocycles. The maximum atomic E-state index is 11.8. The second-order valence-electron chi connectivity index (χ2n) is 8.28. The Morgan fingerprint density at radius 1 is 1.22 bits per heavy atom. The monoisotopic (exact) mass is 388 g/mol. The number of rotatable bonds is 7. The molecule has 2 aliphatic rings. The van der Waals surface area contributed by atoms with Crippen LogP contribution in [-0.2, 0) is 14.3 Å². The van der Waals surface area contributed by atoms with Crippen molar-refractivity contribution in [3.05, 3.63) is 11.6 Å². The van der Waals surface area contributed by atoms with Crippen LogP contribution in [0.5, 0.6) is 0 Å². The summed E-state index contributed by atoms with van der Waals surface area (Å²) in [6, 6.07) is 0. The summed E-state index contributed by atoms with van der Waals surface area (Å²) in [5.41, 5.74) is 0.448. The smallest absolute Gasteiger partial charge is 0.186 e. The van der Waals surface area contributed by atoms with E-state index in [4.69, 9.17) is 9.47 Å². The number of aliphatic hydroxyl groups excluding tert-OH is 5. The van der Waals surface area contributed by atoms with Crippen molar-refractivity contribution >= 4 is 5.78 Å². The SMILES string of the molecule is C[C@@H](CC[C@H]1C(CO)=CC(=O)CC1(C)C)O[C@@H]1O[C@H](CO)[C@@H](O)[C@H](O)[C@H]1O. The highest BCUT2D eigenvalue weighted by atomic mass is 16.7. The van der Waals surface area contributed by atoms with E-state index in [2.05, 4.69) is 0 Å². The summed E-state index contributed by atoms with van der Waals surface area (Å²) in [6.07, 6.45) is -3.64. The molecule has 1 aliphatic carbocycles. The van der Waals surface area contributed by atoms with E-state index < -0.39 is 37.3 Å². The number of ketones is 1. The first kappa shape index (κ1) is 22.4. The lowest BCUT2D eigenvalue weighted by Gasteiger charge is -2.41. The van der Waals surface area contributed by atoms with Gasteiger partial charge in [-0.15, -0.1) is 0 Å². The Kier molecular flexibility index (Phi) is 7.54. The van der Waals surface area contributed by atoms with Gasteiger partial charge in [0.2, 0.25) is 0 Å². The largest absolute Gasteiger partial charge is 0.394 e. The Labute approximate surface area is 159 Å². The van der Waals surface area contributed by atoms with Crippen LogP contribution in [0.25, 0.3) is 0 Å². The van der Waals surface area contributed by atoms with Gasteiger partial charge in [0.1, 0.15) is 24.4 Å². The molecule has 8 nitrogen and oxygen atoms in total. The fourth-order valence-electron chi connectivity index (χ4n) is 4.04. The normalized spacial score (nSPS) is 37.8. The molecule has 156 valence electrons. The highest BCUT2D eigenvalue weighted by molar-refractivity contribution is 5.92. The maximum absolute atomic E-state index is 11.8. The summed E-state index contributed by atoms with van der Waals surface area (Å²) in [4.78, 5) is 11.8. The van der Waals surface area contributed by atoms with Crippen molar-refractivity contribution in [3.63, 3.8) is 0 Å². The van der Waals surface area contributed by atoms with Crippen LogP contribution in [0.3, 0.4) is 0 Å². The highest BCUT2D eigenvalue weighted by Gasteiger charge is 2.44. The lowest BCUT2D eigenvalue weighted by Crippen LogP contribution is -2.59. The van der Waals surface area contributed by atoms with E-state index in [1.807, 2.05) is 13.8 Å². The molecule has 0 aromatic rings. The zero-order valence-corrected chi connectivity index (χ0v) is 16.1. The number of carbonyl (C=O) groups excluding carboxylic acids is 1. The lowest BCUT2D eigenvalue weighted by atomic mass is 9.66. The van der Waals surface area contributed by atoms with E-state index in [0.29, 0.717) is 19.3 Å². The van der Waals surface area contributed by atoms with Crippen LogP contribution < -0.4 is 0 Å². The van der Waals surface area contributed by atoms with Gasteiger partial charge in [0.25, 0.3) is 0 Å². The predicted octanol–water partition coefficient (Wildman–Crippen LogP) is -0.494. The fourth-order valence-corrected chi connectivity index (χ4v) is 4.04. The summed E-state index contributed by atoms with van der Waals surface area (Å²) in [5.74, 6) is 0.0481. The first-order valence-corrected chi connectivity index (χ1v) is 9.40. The van der Waals surface area contributed by atoms with Crippen molar-refractivity contribution in [3.8, 4) is 0 Å². The van der Waals surface area contributed by atoms with Crippen molar-refractivity contribution in [2.75, 3.05) is 13.2 Å². The number of aliphatic hydroxyl groups is 5. The van der Waals surface area contributed by atoms with Crippen molar-refractivity contribution in [2.45, 2.75) is 76.8 Å². The minimum absolute atomic E-state index is 0.0194. The third-order valence-electron chi connectivity index (χ3n) is 5.63. The molecule has 0 aromatic carbocycles. The van der Waals surface area contributed by atoms with Crippen LogP contribution in [0.15, 0.2) is 11.6 Å². The zero-order chi connectivity index (χ0) is 20.4. The summed E-state index contributed by atoms with van der Waals surface area (Å²) in [5, 5.41) is 48.5. The van der Waals surface area contributed by atoms with Crippen molar-refractivity contribution < 1.29 is 39.8 Å². The van der Waals surface area contributed by atoms with Crippen LogP contribution in [0.1, 0.15) is 40.0 Å². The zero-order valence-electron chi connectivity index (χ0n) is 16.1. The molecule has 1 heterocycles. The van der Waals surface area contributed by atoms with Gasteiger partial charge in [0.15, 0.2) is 12.1 Å². The molecule has 0 bridgehead atoms. The number of hydrogen-bond donors (Lipinski definition) is 5. The minimum Gasteiger partial charge on any atom is -0.394 e. The van der Waals surface area contributed by atoms with Gasteiger partial charge < -0.3 is 35.0 Å². The van der Waals surface area contributed by atoms with Crippen LogP contribution >= 0.6 is 0 Å². The molecule has 0 saturated carbocycles. The first-order chi connectivity index (χ1) is 12.6.